The molecule has 0 N–H and O–H groups in total. The van der Waals surface area contributed by atoms with Crippen molar-refractivity contribution in [3.63, 3.8) is 0 Å². The lowest BCUT2D eigenvalue weighted by atomic mass is 10.2. The Morgan fingerprint density at radius 3 is 2.80 bits per heavy atom. The number of carbonyl (C=O) groups excluding carboxylic acids is 1. The van der Waals surface area contributed by atoms with E-state index in [0.717, 1.165) is 55.3 Å². The molecule has 0 bridgehead atoms. The van der Waals surface area contributed by atoms with Crippen molar-refractivity contribution in [1.82, 2.24) is 14.5 Å². The van der Waals surface area contributed by atoms with Gasteiger partial charge in [-0.3, -0.25) is 9.36 Å². The van der Waals surface area contributed by atoms with Gasteiger partial charge in [0.1, 0.15) is 5.75 Å². The van der Waals surface area contributed by atoms with Gasteiger partial charge in [-0.05, 0) is 18.6 Å². The van der Waals surface area contributed by atoms with Gasteiger partial charge >= 0.3 is 0 Å². The SMILES string of the molecule is COc1cccc(-n2ccnc2N2CCN(C(=O)CCCBr)CC2)c1. The molecule has 1 saturated heterocycles. The van der Waals surface area contributed by atoms with Crippen molar-refractivity contribution < 1.29 is 9.53 Å². The van der Waals surface area contributed by atoms with E-state index < -0.39 is 0 Å². The lowest BCUT2D eigenvalue weighted by Crippen LogP contribution is -2.49. The third-order valence-electron chi connectivity index (χ3n) is 4.39. The Labute approximate surface area is 156 Å². The molecule has 3 rings (SSSR count). The van der Waals surface area contributed by atoms with Crippen LogP contribution < -0.4 is 9.64 Å². The Balaban J connectivity index is 1.68. The average Bonchev–Trinajstić information content (AvgIpc) is 3.16. The van der Waals surface area contributed by atoms with Crippen molar-refractivity contribution in [3.05, 3.63) is 36.7 Å². The van der Waals surface area contributed by atoms with E-state index in [-0.39, 0.29) is 5.91 Å². The van der Waals surface area contributed by atoms with Crippen molar-refractivity contribution in [2.24, 2.45) is 0 Å². The van der Waals surface area contributed by atoms with Gasteiger partial charge in [0.25, 0.3) is 0 Å². The number of alkyl halides is 1. The van der Waals surface area contributed by atoms with Crippen LogP contribution in [0, 0.1) is 0 Å². The van der Waals surface area contributed by atoms with Crippen molar-refractivity contribution >= 4 is 27.8 Å². The molecular formula is C18H23BrN4O2. The Bertz CT molecular complexity index is 711. The summed E-state index contributed by atoms with van der Waals surface area (Å²) in [6, 6.07) is 7.93. The van der Waals surface area contributed by atoms with E-state index in [2.05, 4.69) is 30.4 Å². The summed E-state index contributed by atoms with van der Waals surface area (Å²) >= 11 is 3.38. The molecule has 1 aliphatic heterocycles. The van der Waals surface area contributed by atoms with Gasteiger partial charge in [0.05, 0.1) is 12.8 Å². The van der Waals surface area contributed by atoms with Crippen LogP contribution in [0.15, 0.2) is 36.7 Å². The molecule has 0 spiro atoms. The normalized spacial score (nSPS) is 14.6. The predicted molar refractivity (Wildman–Crippen MR) is 102 cm³/mol. The summed E-state index contributed by atoms with van der Waals surface area (Å²) in [5.41, 5.74) is 1.02. The maximum atomic E-state index is 12.2. The number of rotatable bonds is 6. The van der Waals surface area contributed by atoms with Gasteiger partial charge in [-0.2, -0.15) is 0 Å². The van der Waals surface area contributed by atoms with Crippen LogP contribution in [0.2, 0.25) is 0 Å². The van der Waals surface area contributed by atoms with E-state index in [1.807, 2.05) is 41.6 Å². The zero-order chi connectivity index (χ0) is 17.6. The highest BCUT2D eigenvalue weighted by molar-refractivity contribution is 9.09. The maximum Gasteiger partial charge on any atom is 0.222 e. The first-order valence-electron chi connectivity index (χ1n) is 8.49. The highest BCUT2D eigenvalue weighted by Gasteiger charge is 2.23. The minimum absolute atomic E-state index is 0.246. The molecule has 134 valence electrons. The fourth-order valence-corrected chi connectivity index (χ4v) is 3.30. The number of piperazine rings is 1. The Hall–Kier alpha value is -2.02. The molecule has 25 heavy (non-hydrogen) atoms. The molecule has 0 unspecified atom stereocenters. The topological polar surface area (TPSA) is 50.6 Å². The second-order valence-electron chi connectivity index (χ2n) is 5.96. The molecule has 0 radical (unpaired) electrons. The highest BCUT2D eigenvalue weighted by Crippen LogP contribution is 2.23. The van der Waals surface area contributed by atoms with Crippen molar-refractivity contribution in [1.29, 1.82) is 0 Å². The van der Waals surface area contributed by atoms with Gasteiger partial charge in [0, 0.05) is 56.4 Å². The lowest BCUT2D eigenvalue weighted by molar-refractivity contribution is -0.131. The number of anilines is 1. The Kier molecular flexibility index (Phi) is 5.96. The van der Waals surface area contributed by atoms with E-state index in [9.17, 15) is 4.79 Å². The highest BCUT2D eigenvalue weighted by atomic mass is 79.9. The minimum Gasteiger partial charge on any atom is -0.497 e. The van der Waals surface area contributed by atoms with Crippen molar-refractivity contribution in [2.75, 3.05) is 43.5 Å². The smallest absolute Gasteiger partial charge is 0.222 e. The molecule has 1 aliphatic rings. The van der Waals surface area contributed by atoms with E-state index in [0.29, 0.717) is 6.42 Å². The number of aromatic nitrogens is 2. The molecule has 1 fully saturated rings. The fraction of sp³-hybridized carbons (Fsp3) is 0.444. The number of ether oxygens (including phenoxy) is 1. The quantitative estimate of drug-likeness (QED) is 0.691. The Morgan fingerprint density at radius 2 is 2.08 bits per heavy atom. The predicted octanol–water partition coefficient (Wildman–Crippen LogP) is 2.70. The number of hydrogen-bond donors (Lipinski definition) is 0. The van der Waals surface area contributed by atoms with Crippen LogP contribution in [0.1, 0.15) is 12.8 Å². The van der Waals surface area contributed by atoms with Gasteiger partial charge in [-0.15, -0.1) is 0 Å². The molecule has 1 aromatic carbocycles. The largest absolute Gasteiger partial charge is 0.497 e. The second-order valence-corrected chi connectivity index (χ2v) is 6.75. The summed E-state index contributed by atoms with van der Waals surface area (Å²) in [5.74, 6) is 1.97. The molecule has 2 aromatic rings. The number of imidazole rings is 1. The van der Waals surface area contributed by atoms with Crippen LogP contribution in [-0.4, -0.2) is 59.0 Å². The first-order valence-corrected chi connectivity index (χ1v) is 9.61. The number of hydrogen-bond acceptors (Lipinski definition) is 4. The molecule has 0 saturated carbocycles. The van der Waals surface area contributed by atoms with E-state index in [1.54, 1.807) is 7.11 Å². The van der Waals surface area contributed by atoms with Crippen LogP contribution in [0.5, 0.6) is 5.75 Å². The van der Waals surface area contributed by atoms with E-state index >= 15 is 0 Å². The molecule has 1 aromatic heterocycles. The first-order chi connectivity index (χ1) is 12.2. The zero-order valence-corrected chi connectivity index (χ0v) is 16.0. The number of halogens is 1. The van der Waals surface area contributed by atoms with Gasteiger partial charge < -0.3 is 14.5 Å². The molecule has 1 amide bonds. The zero-order valence-electron chi connectivity index (χ0n) is 14.4. The Morgan fingerprint density at radius 1 is 1.28 bits per heavy atom. The fourth-order valence-electron chi connectivity index (χ4n) is 3.02. The van der Waals surface area contributed by atoms with Crippen LogP contribution in [0.25, 0.3) is 5.69 Å². The summed E-state index contributed by atoms with van der Waals surface area (Å²) < 4.78 is 7.38. The van der Waals surface area contributed by atoms with Crippen LogP contribution in [0.4, 0.5) is 5.95 Å². The number of nitrogens with zero attached hydrogens (tertiary/aromatic N) is 4. The van der Waals surface area contributed by atoms with Crippen molar-refractivity contribution in [3.8, 4) is 11.4 Å². The number of benzene rings is 1. The number of carbonyl (C=O) groups is 1. The molecule has 2 heterocycles. The molecule has 6 nitrogen and oxygen atoms in total. The second kappa shape index (κ2) is 8.38. The molecular weight excluding hydrogens is 384 g/mol. The summed E-state index contributed by atoms with van der Waals surface area (Å²) in [6.07, 6.45) is 5.27. The van der Waals surface area contributed by atoms with Crippen LogP contribution >= 0.6 is 15.9 Å². The minimum atomic E-state index is 0.246. The standard InChI is InChI=1S/C18H23BrN4O2/c1-25-16-5-2-4-15(14-16)23-9-8-20-18(23)22-12-10-21(11-13-22)17(24)6-3-7-19/h2,4-5,8-9,14H,3,6-7,10-13H2,1H3. The van der Waals surface area contributed by atoms with E-state index in [1.165, 1.54) is 0 Å². The molecule has 0 aliphatic carbocycles. The average molecular weight is 407 g/mol. The van der Waals surface area contributed by atoms with Gasteiger partial charge in [-0.25, -0.2) is 4.98 Å². The summed E-state index contributed by atoms with van der Waals surface area (Å²) in [4.78, 5) is 20.9. The summed E-state index contributed by atoms with van der Waals surface area (Å²) in [7, 11) is 1.67. The number of amides is 1. The van der Waals surface area contributed by atoms with Crippen LogP contribution in [-0.2, 0) is 4.79 Å². The van der Waals surface area contributed by atoms with E-state index in [4.69, 9.17) is 4.74 Å². The van der Waals surface area contributed by atoms with Crippen LogP contribution in [0.3, 0.4) is 0 Å². The number of methoxy groups -OCH3 is 1. The summed E-state index contributed by atoms with van der Waals surface area (Å²) in [5, 5.41) is 0.872. The van der Waals surface area contributed by atoms with Gasteiger partial charge in [-0.1, -0.05) is 22.0 Å². The lowest BCUT2D eigenvalue weighted by Gasteiger charge is -2.35. The molecule has 7 heteroatoms. The van der Waals surface area contributed by atoms with Crippen molar-refractivity contribution in [2.45, 2.75) is 12.8 Å². The third-order valence-corrected chi connectivity index (χ3v) is 4.95. The summed E-state index contributed by atoms with van der Waals surface area (Å²) in [6.45, 7) is 3.07. The maximum absolute atomic E-state index is 12.2. The first kappa shape index (κ1) is 17.8. The monoisotopic (exact) mass is 406 g/mol. The van der Waals surface area contributed by atoms with Gasteiger partial charge in [0.2, 0.25) is 11.9 Å². The third kappa shape index (κ3) is 4.15. The molecule has 0 atom stereocenters. The van der Waals surface area contributed by atoms with Gasteiger partial charge in [0.15, 0.2) is 0 Å².